The Morgan fingerprint density at radius 3 is 1.21 bits per heavy atom. The molecule has 0 spiro atoms. The minimum atomic E-state index is -2.62. The highest BCUT2D eigenvalue weighted by atomic mass is 16.7. The van der Waals surface area contributed by atoms with E-state index in [1.54, 1.807) is 0 Å². The van der Waals surface area contributed by atoms with Crippen molar-refractivity contribution in [1.29, 1.82) is 0 Å². The number of ether oxygens (including phenoxy) is 9. The van der Waals surface area contributed by atoms with Crippen molar-refractivity contribution in [3.63, 3.8) is 0 Å². The van der Waals surface area contributed by atoms with Crippen molar-refractivity contribution in [2.45, 2.75) is 256 Å². The largest absolute Gasteiger partial charge is 0.481 e. The van der Waals surface area contributed by atoms with Gasteiger partial charge in [0.25, 0.3) is 0 Å². The minimum absolute atomic E-state index is 0.0170. The Morgan fingerprint density at radius 1 is 0.481 bits per heavy atom. The number of unbranched alkanes of at least 4 members (excludes halogenated alkanes) is 10. The van der Waals surface area contributed by atoms with E-state index < -0.39 is 162 Å². The molecule has 9 heterocycles. The van der Waals surface area contributed by atoms with E-state index in [-0.39, 0.29) is 58.3 Å². The van der Waals surface area contributed by atoms with Gasteiger partial charge in [-0.05, 0) is 32.1 Å². The van der Waals surface area contributed by atoms with Crippen LogP contribution in [0, 0.1) is 17.8 Å². The van der Waals surface area contributed by atoms with Gasteiger partial charge in [-0.2, -0.15) is 0 Å². The van der Waals surface area contributed by atoms with Gasteiger partial charge < -0.3 is 119 Å². The number of hydrogen-bond acceptors (Lipinski definition) is 27. The molecule has 9 saturated heterocycles. The topological polar surface area (TPSA) is 472 Å². The van der Waals surface area contributed by atoms with Gasteiger partial charge in [-0.15, -0.1) is 0 Å². The van der Waals surface area contributed by atoms with Gasteiger partial charge in [0.1, 0.15) is 18.3 Å². The van der Waals surface area contributed by atoms with Gasteiger partial charge in [-0.1, -0.05) is 77.6 Å². The van der Waals surface area contributed by atoms with Crippen LogP contribution in [0.3, 0.4) is 0 Å². The number of carboxylic acid groups (broad SMARTS) is 2. The number of aliphatic hydroxyl groups excluding tert-OH is 7. The van der Waals surface area contributed by atoms with Crippen LogP contribution in [0.5, 0.6) is 0 Å². The van der Waals surface area contributed by atoms with Crippen LogP contribution in [0.2, 0.25) is 0 Å². The van der Waals surface area contributed by atoms with Gasteiger partial charge >= 0.3 is 29.8 Å². The summed E-state index contributed by atoms with van der Waals surface area (Å²) in [4.78, 5) is 58.1. The Morgan fingerprint density at radius 2 is 0.815 bits per heavy atom. The number of carbonyl (C=O) groups excluding carboxylic acids is 3. The summed E-state index contributed by atoms with van der Waals surface area (Å²) in [6, 6.07) is 0. The highest BCUT2D eigenvalue weighted by Crippen LogP contribution is 2.54. The molecule has 81 heavy (non-hydrogen) atoms. The standard InChI is InChI=1S/C19H30O11.C18H28O10.C15H24O8/c20-11(6-4-2-1-3-5-7-13(22)23)15-10(8-14(24)29-15)18(26)17(25)30-16-12(21)9-28-19(16,18)27;19-11-9-26-18(25)15(11)28-16(23)17(18,24)10-8-14(22)27-12(10)6-4-2-1-3-5-7-13(20)21;1-2-3-4-5-10-8(6-11(17)22-10)14(19)13(18)23-12-9(16)7-21-15(12,14)20/h10-12,14-16,20-21,24,26-27H,1-9H2,(H,22,23);10-12,14-15,19,22,24-25H,1-9H2,(H,20,21);8-12,16-17,19-20H,2-7H2,1H3. The lowest BCUT2D eigenvalue weighted by atomic mass is 9.74. The van der Waals surface area contributed by atoms with Crippen molar-refractivity contribution < 1.29 is 143 Å². The van der Waals surface area contributed by atoms with Crippen molar-refractivity contribution in [3.05, 3.63) is 0 Å². The number of hydrogen-bond donors (Lipinski definition) is 15. The molecule has 0 aromatic carbocycles. The molecule has 22 atom stereocenters. The maximum absolute atomic E-state index is 12.4. The highest BCUT2D eigenvalue weighted by molar-refractivity contribution is 5.86. The molecular formula is C52H82O29. The van der Waals surface area contributed by atoms with Gasteiger partial charge in [-0.3, -0.25) is 9.59 Å². The summed E-state index contributed by atoms with van der Waals surface area (Å²) >= 11 is 0. The van der Waals surface area contributed by atoms with Crippen molar-refractivity contribution in [2.75, 3.05) is 19.8 Å². The number of rotatable bonds is 24. The van der Waals surface area contributed by atoms with Gasteiger partial charge in [-0.25, -0.2) is 14.4 Å². The molecule has 0 aromatic rings. The van der Waals surface area contributed by atoms with Gasteiger partial charge in [0.05, 0.1) is 44.2 Å². The molecular weight excluding hydrogens is 1090 g/mol. The number of carbonyl (C=O) groups is 5. The number of fused-ring (bicyclic) bond motifs is 3. The molecule has 22 unspecified atom stereocenters. The molecule has 0 bridgehead atoms. The Balaban J connectivity index is 0.000000177. The van der Waals surface area contributed by atoms with Crippen LogP contribution in [0.4, 0.5) is 0 Å². The zero-order valence-electron chi connectivity index (χ0n) is 45.1. The third-order valence-electron chi connectivity index (χ3n) is 17.4. The van der Waals surface area contributed by atoms with Crippen molar-refractivity contribution in [2.24, 2.45) is 17.8 Å². The van der Waals surface area contributed by atoms with E-state index in [1.807, 2.05) is 6.92 Å². The molecule has 464 valence electrons. The van der Waals surface area contributed by atoms with Crippen LogP contribution in [0.25, 0.3) is 0 Å². The Kier molecular flexibility index (Phi) is 21.3. The molecule has 9 rings (SSSR count). The maximum Gasteiger partial charge on any atom is 0.345 e. The summed E-state index contributed by atoms with van der Waals surface area (Å²) in [6.45, 7) is 1.17. The molecule has 9 aliphatic heterocycles. The first kappa shape index (κ1) is 65.1. The van der Waals surface area contributed by atoms with Crippen LogP contribution in [0.1, 0.15) is 142 Å². The molecule has 29 heteroatoms. The fourth-order valence-corrected chi connectivity index (χ4v) is 13.1. The molecule has 0 aliphatic carbocycles. The molecule has 15 N–H and O–H groups in total. The maximum atomic E-state index is 12.4. The predicted octanol–water partition coefficient (Wildman–Crippen LogP) is -3.09. The van der Waals surface area contributed by atoms with Gasteiger partial charge in [0.15, 0.2) is 37.2 Å². The molecule has 0 amide bonds. The summed E-state index contributed by atoms with van der Waals surface area (Å²) < 4.78 is 46.7. The van der Waals surface area contributed by atoms with E-state index >= 15 is 0 Å². The fourth-order valence-electron chi connectivity index (χ4n) is 13.1. The Bertz CT molecular complexity index is 2170. The number of esters is 3. The Labute approximate surface area is 465 Å². The molecule has 9 aliphatic rings. The first-order valence-electron chi connectivity index (χ1n) is 28.2. The second-order valence-corrected chi connectivity index (χ2v) is 22.8. The van der Waals surface area contributed by atoms with E-state index in [1.165, 1.54) is 0 Å². The zero-order chi connectivity index (χ0) is 59.5. The molecule has 9 fully saturated rings. The molecule has 0 radical (unpaired) electrons. The second-order valence-electron chi connectivity index (χ2n) is 22.8. The summed E-state index contributed by atoms with van der Waals surface area (Å²) in [5, 5.41) is 153. The number of aliphatic hydroxyl groups is 13. The van der Waals surface area contributed by atoms with Crippen LogP contribution in [-0.4, -0.2) is 240 Å². The van der Waals surface area contributed by atoms with Crippen molar-refractivity contribution in [3.8, 4) is 0 Å². The first-order chi connectivity index (χ1) is 38.1. The molecule has 29 nitrogen and oxygen atoms in total. The second kappa shape index (κ2) is 26.5. The Hall–Kier alpha value is -3.41. The normalized spacial score (nSPS) is 44.2. The van der Waals surface area contributed by atoms with Crippen molar-refractivity contribution >= 4 is 29.8 Å². The lowest BCUT2D eigenvalue weighted by molar-refractivity contribution is -0.282. The van der Waals surface area contributed by atoms with E-state index in [2.05, 4.69) is 0 Å². The lowest BCUT2D eigenvalue weighted by Gasteiger charge is -2.38. The summed E-state index contributed by atoms with van der Waals surface area (Å²) in [7, 11) is 0. The highest BCUT2D eigenvalue weighted by Gasteiger charge is 2.80. The zero-order valence-corrected chi connectivity index (χ0v) is 45.1. The smallest absolute Gasteiger partial charge is 0.345 e. The average molecular weight is 1170 g/mol. The van der Waals surface area contributed by atoms with Crippen LogP contribution < -0.4 is 0 Å². The average Bonchev–Trinajstić information content (AvgIpc) is 4.40. The summed E-state index contributed by atoms with van der Waals surface area (Å²) in [5.74, 6) is -15.3. The molecule has 0 aromatic heterocycles. The van der Waals surface area contributed by atoms with Crippen LogP contribution >= 0.6 is 0 Å². The number of carboxylic acids is 2. The third-order valence-corrected chi connectivity index (χ3v) is 17.4. The monoisotopic (exact) mass is 1170 g/mol. The summed E-state index contributed by atoms with van der Waals surface area (Å²) in [5.41, 5.74) is -7.43. The summed E-state index contributed by atoms with van der Waals surface area (Å²) in [6.07, 6.45) is -4.21. The van der Waals surface area contributed by atoms with Gasteiger partial charge in [0.2, 0.25) is 34.2 Å². The van der Waals surface area contributed by atoms with Crippen LogP contribution in [0.15, 0.2) is 0 Å². The van der Waals surface area contributed by atoms with Gasteiger partial charge in [0, 0.05) is 49.9 Å². The predicted molar refractivity (Wildman–Crippen MR) is 262 cm³/mol. The molecule has 0 saturated carbocycles. The fraction of sp³-hybridized carbons (Fsp3) is 0.904. The first-order valence-corrected chi connectivity index (χ1v) is 28.2. The minimum Gasteiger partial charge on any atom is -0.481 e. The van der Waals surface area contributed by atoms with E-state index in [4.69, 9.17) is 52.8 Å². The SMILES string of the molecule is CCCCCC1OC(O)CC1C1(O)C(=O)OC2C(O)COC21O.O=C(O)CCCCCCCC(O)C1OC(O)CC1C1(O)C(=O)OC2C(O)COC21O.O=C(O)CCCCCCCC1OC(O)CC1C1(O)C(=O)OC2C(O)COC21O. The number of aliphatic carboxylic acids is 2. The van der Waals surface area contributed by atoms with Crippen LogP contribution in [-0.2, 0) is 66.6 Å². The lowest BCUT2D eigenvalue weighted by Crippen LogP contribution is -2.64. The quantitative estimate of drug-likeness (QED) is 0.0259. The van der Waals surface area contributed by atoms with E-state index in [0.29, 0.717) is 38.5 Å². The van der Waals surface area contributed by atoms with E-state index in [9.17, 15) is 90.4 Å². The third kappa shape index (κ3) is 12.5. The van der Waals surface area contributed by atoms with Crippen molar-refractivity contribution in [1.82, 2.24) is 0 Å². The van der Waals surface area contributed by atoms with E-state index in [0.717, 1.165) is 57.8 Å².